The summed E-state index contributed by atoms with van der Waals surface area (Å²) in [6.45, 7) is 3.63. The molecule has 0 aliphatic heterocycles. The average molecular weight is 278 g/mol. The Hall–Kier alpha value is -1.31. The minimum atomic E-state index is -0.245. The van der Waals surface area contributed by atoms with Gasteiger partial charge in [-0.1, -0.05) is 75.8 Å². The zero-order chi connectivity index (χ0) is 15.1. The maximum absolute atomic E-state index is 9.59. The molecule has 0 bridgehead atoms. The Balaban J connectivity index is 0.000000621. The van der Waals surface area contributed by atoms with Crippen molar-refractivity contribution >= 4 is 5.97 Å². The number of unbranched alkanes of at least 4 members (excludes halogenated alkanes) is 6. The summed E-state index contributed by atoms with van der Waals surface area (Å²) in [6, 6.07) is 10.8. The van der Waals surface area contributed by atoms with Gasteiger partial charge in [0.2, 0.25) is 0 Å². The highest BCUT2D eigenvalue weighted by Gasteiger charge is 1.93. The highest BCUT2D eigenvalue weighted by atomic mass is 16.5. The van der Waals surface area contributed by atoms with Gasteiger partial charge in [0, 0.05) is 6.92 Å². The minimum absolute atomic E-state index is 0.245. The molecule has 0 N–H and O–H groups in total. The molecule has 0 aromatic heterocycles. The quantitative estimate of drug-likeness (QED) is 0.485. The molecule has 0 saturated carbocycles. The Kier molecular flexibility index (Phi) is 13.2. The predicted octanol–water partition coefficient (Wildman–Crippen LogP) is 5.16. The van der Waals surface area contributed by atoms with Crippen molar-refractivity contribution in [2.75, 3.05) is 7.11 Å². The molecule has 0 atom stereocenters. The summed E-state index contributed by atoms with van der Waals surface area (Å²) in [4.78, 5) is 9.59. The van der Waals surface area contributed by atoms with Crippen molar-refractivity contribution in [2.24, 2.45) is 0 Å². The minimum Gasteiger partial charge on any atom is -0.469 e. The number of carbonyl (C=O) groups is 1. The van der Waals surface area contributed by atoms with E-state index in [0.29, 0.717) is 0 Å². The summed E-state index contributed by atoms with van der Waals surface area (Å²) in [7, 11) is 1.35. The fraction of sp³-hybridized carbons (Fsp3) is 0.611. The third-order valence-corrected chi connectivity index (χ3v) is 3.20. The maximum atomic E-state index is 9.59. The zero-order valence-electron chi connectivity index (χ0n) is 13.4. The first-order valence-electron chi connectivity index (χ1n) is 7.79. The van der Waals surface area contributed by atoms with Gasteiger partial charge in [-0.3, -0.25) is 4.79 Å². The Morgan fingerprint density at radius 1 is 0.950 bits per heavy atom. The summed E-state index contributed by atoms with van der Waals surface area (Å²) in [5, 5.41) is 0. The number of hydrogen-bond acceptors (Lipinski definition) is 2. The topological polar surface area (TPSA) is 26.3 Å². The molecule has 0 aliphatic carbocycles. The number of aryl methyl sites for hydroxylation is 1. The highest BCUT2D eigenvalue weighted by molar-refractivity contribution is 5.65. The number of ether oxygens (including phenoxy) is 1. The summed E-state index contributed by atoms with van der Waals surface area (Å²) < 4.78 is 4.11. The van der Waals surface area contributed by atoms with E-state index in [2.05, 4.69) is 42.0 Å². The van der Waals surface area contributed by atoms with Crippen LogP contribution in [0.2, 0.25) is 0 Å². The van der Waals surface area contributed by atoms with Crippen molar-refractivity contribution in [3.63, 3.8) is 0 Å². The SMILES string of the molecule is CCCCCCCCCc1ccccc1.COC(C)=O. The summed E-state index contributed by atoms with van der Waals surface area (Å²) in [5.41, 5.74) is 1.49. The lowest BCUT2D eigenvalue weighted by Crippen LogP contribution is -1.88. The summed E-state index contributed by atoms with van der Waals surface area (Å²) in [5.74, 6) is -0.245. The molecular weight excluding hydrogens is 248 g/mol. The van der Waals surface area contributed by atoms with Crippen LogP contribution in [-0.4, -0.2) is 13.1 Å². The lowest BCUT2D eigenvalue weighted by atomic mass is 10.0. The van der Waals surface area contributed by atoms with E-state index in [1.807, 2.05) is 0 Å². The first-order chi connectivity index (χ1) is 9.70. The van der Waals surface area contributed by atoms with Gasteiger partial charge in [-0.15, -0.1) is 0 Å². The van der Waals surface area contributed by atoms with E-state index in [0.717, 1.165) is 0 Å². The Morgan fingerprint density at radius 3 is 1.95 bits per heavy atom. The molecule has 1 aromatic carbocycles. The average Bonchev–Trinajstić information content (AvgIpc) is 2.48. The summed E-state index contributed by atoms with van der Waals surface area (Å²) in [6.07, 6.45) is 11.1. The van der Waals surface area contributed by atoms with Crippen LogP contribution in [0.25, 0.3) is 0 Å². The van der Waals surface area contributed by atoms with Gasteiger partial charge in [0.15, 0.2) is 0 Å². The van der Waals surface area contributed by atoms with E-state index < -0.39 is 0 Å². The number of benzene rings is 1. The van der Waals surface area contributed by atoms with Crippen LogP contribution in [0.1, 0.15) is 64.4 Å². The standard InChI is InChI=1S/C15H24.C3H6O2/c1-2-3-4-5-6-7-9-12-15-13-10-8-11-14-15;1-3(4)5-2/h8,10-11,13-14H,2-7,9,12H2,1H3;1-2H3. The zero-order valence-corrected chi connectivity index (χ0v) is 13.4. The third-order valence-electron chi connectivity index (χ3n) is 3.20. The van der Waals surface area contributed by atoms with Gasteiger partial charge in [0.05, 0.1) is 7.11 Å². The van der Waals surface area contributed by atoms with Gasteiger partial charge < -0.3 is 4.74 Å². The van der Waals surface area contributed by atoms with Crippen molar-refractivity contribution in [3.8, 4) is 0 Å². The van der Waals surface area contributed by atoms with Crippen LogP contribution in [0.5, 0.6) is 0 Å². The molecule has 0 saturated heterocycles. The largest absolute Gasteiger partial charge is 0.469 e. The predicted molar refractivity (Wildman–Crippen MR) is 85.8 cm³/mol. The van der Waals surface area contributed by atoms with Crippen molar-refractivity contribution in [1.82, 2.24) is 0 Å². The Morgan fingerprint density at radius 2 is 1.45 bits per heavy atom. The van der Waals surface area contributed by atoms with Crippen LogP contribution in [0.15, 0.2) is 30.3 Å². The molecule has 0 spiro atoms. The molecule has 0 radical (unpaired) electrons. The molecule has 2 heteroatoms. The molecule has 1 rings (SSSR count). The first-order valence-corrected chi connectivity index (χ1v) is 7.79. The van der Waals surface area contributed by atoms with Crippen LogP contribution in [0, 0.1) is 0 Å². The number of methoxy groups -OCH3 is 1. The number of esters is 1. The first kappa shape index (κ1) is 18.7. The molecule has 0 amide bonds. The lowest BCUT2D eigenvalue weighted by Gasteiger charge is -2.01. The number of hydrogen-bond donors (Lipinski definition) is 0. The fourth-order valence-corrected chi connectivity index (χ4v) is 1.93. The highest BCUT2D eigenvalue weighted by Crippen LogP contribution is 2.10. The van der Waals surface area contributed by atoms with E-state index in [9.17, 15) is 4.79 Å². The van der Waals surface area contributed by atoms with Crippen molar-refractivity contribution in [3.05, 3.63) is 35.9 Å². The van der Waals surface area contributed by atoms with Crippen LogP contribution in [0.3, 0.4) is 0 Å². The molecular formula is C18H30O2. The fourth-order valence-electron chi connectivity index (χ4n) is 1.93. The van der Waals surface area contributed by atoms with Crippen LogP contribution in [0.4, 0.5) is 0 Å². The molecule has 1 aromatic rings. The van der Waals surface area contributed by atoms with Crippen molar-refractivity contribution < 1.29 is 9.53 Å². The number of rotatable bonds is 8. The smallest absolute Gasteiger partial charge is 0.302 e. The monoisotopic (exact) mass is 278 g/mol. The van der Waals surface area contributed by atoms with Gasteiger partial charge >= 0.3 is 5.97 Å². The van der Waals surface area contributed by atoms with Gasteiger partial charge in [0.1, 0.15) is 0 Å². The van der Waals surface area contributed by atoms with Gasteiger partial charge in [-0.05, 0) is 18.4 Å². The van der Waals surface area contributed by atoms with Gasteiger partial charge in [-0.25, -0.2) is 0 Å². The second-order valence-electron chi connectivity index (χ2n) is 5.05. The van der Waals surface area contributed by atoms with E-state index in [1.54, 1.807) is 0 Å². The Labute approximate surface area is 124 Å². The van der Waals surface area contributed by atoms with Crippen LogP contribution < -0.4 is 0 Å². The second-order valence-corrected chi connectivity index (χ2v) is 5.05. The Bertz CT molecular complexity index is 319. The molecule has 0 aliphatic rings. The van der Waals surface area contributed by atoms with Crippen molar-refractivity contribution in [1.29, 1.82) is 0 Å². The second kappa shape index (κ2) is 14.1. The molecule has 0 unspecified atom stereocenters. The molecule has 0 heterocycles. The van der Waals surface area contributed by atoms with E-state index in [1.165, 1.54) is 71.0 Å². The van der Waals surface area contributed by atoms with Crippen LogP contribution >= 0.6 is 0 Å². The molecule has 2 nitrogen and oxygen atoms in total. The lowest BCUT2D eigenvalue weighted by molar-refractivity contribution is -0.137. The van der Waals surface area contributed by atoms with E-state index in [-0.39, 0.29) is 5.97 Å². The molecule has 114 valence electrons. The summed E-state index contributed by atoms with van der Waals surface area (Å²) >= 11 is 0. The van der Waals surface area contributed by atoms with Crippen LogP contribution in [-0.2, 0) is 16.0 Å². The maximum Gasteiger partial charge on any atom is 0.302 e. The van der Waals surface area contributed by atoms with Gasteiger partial charge in [0.25, 0.3) is 0 Å². The van der Waals surface area contributed by atoms with E-state index >= 15 is 0 Å². The van der Waals surface area contributed by atoms with Crippen molar-refractivity contribution in [2.45, 2.75) is 65.2 Å². The molecule has 20 heavy (non-hydrogen) atoms. The molecule has 0 fully saturated rings. The van der Waals surface area contributed by atoms with Gasteiger partial charge in [-0.2, -0.15) is 0 Å². The van der Waals surface area contributed by atoms with E-state index in [4.69, 9.17) is 0 Å². The number of carbonyl (C=O) groups excluding carboxylic acids is 1. The normalized spacial score (nSPS) is 9.55. The third kappa shape index (κ3) is 13.1.